The van der Waals surface area contributed by atoms with Crippen molar-refractivity contribution in [3.8, 4) is 11.5 Å². The minimum absolute atomic E-state index is 0.172. The molecule has 0 bridgehead atoms. The maximum Gasteiger partial charge on any atom is 0.343 e. The van der Waals surface area contributed by atoms with Gasteiger partial charge in [0.05, 0.1) is 11.8 Å². The van der Waals surface area contributed by atoms with E-state index in [2.05, 4.69) is 10.5 Å². The molecule has 0 unspecified atom stereocenters. The number of rotatable bonds is 7. The third-order valence-electron chi connectivity index (χ3n) is 4.64. The fourth-order valence-electron chi connectivity index (χ4n) is 3.03. The summed E-state index contributed by atoms with van der Waals surface area (Å²) in [6.07, 6.45) is 1.45. The topological polar surface area (TPSA) is 77.0 Å². The highest BCUT2D eigenvalue weighted by molar-refractivity contribution is 6.30. The summed E-state index contributed by atoms with van der Waals surface area (Å²) in [5, 5.41) is 6.60. The molecule has 0 aliphatic rings. The number of hydrazone groups is 1. The maximum absolute atomic E-state index is 12.2. The number of fused-ring (bicyclic) bond motifs is 1. The van der Waals surface area contributed by atoms with E-state index >= 15 is 0 Å². The second-order valence-corrected chi connectivity index (χ2v) is 7.50. The van der Waals surface area contributed by atoms with Crippen LogP contribution >= 0.6 is 11.6 Å². The average molecular weight is 459 g/mol. The van der Waals surface area contributed by atoms with E-state index in [0.717, 1.165) is 10.8 Å². The first-order valence-corrected chi connectivity index (χ1v) is 10.5. The third-order valence-corrected chi connectivity index (χ3v) is 4.89. The molecular formula is C26H19ClN2O4. The van der Waals surface area contributed by atoms with Crippen molar-refractivity contribution in [2.24, 2.45) is 5.10 Å². The molecule has 0 atom stereocenters. The van der Waals surface area contributed by atoms with Crippen LogP contribution in [0.4, 0.5) is 0 Å². The number of benzene rings is 4. The van der Waals surface area contributed by atoms with Crippen LogP contribution in [-0.4, -0.2) is 24.7 Å². The first-order valence-electron chi connectivity index (χ1n) is 10.1. The second-order valence-electron chi connectivity index (χ2n) is 7.06. The van der Waals surface area contributed by atoms with Gasteiger partial charge >= 0.3 is 5.97 Å². The zero-order valence-corrected chi connectivity index (χ0v) is 18.2. The van der Waals surface area contributed by atoms with E-state index in [-0.39, 0.29) is 6.61 Å². The zero-order chi connectivity index (χ0) is 23.0. The standard InChI is InChI=1S/C26H19ClN2O4/c27-22-11-8-20(9-12-22)26(31)33-24-7-3-4-18(14-24)16-28-29-25(30)17-32-23-13-10-19-5-1-2-6-21(19)15-23/h1-16H,17H2,(H,29,30). The van der Waals surface area contributed by atoms with E-state index in [1.54, 1.807) is 48.5 Å². The van der Waals surface area contributed by atoms with E-state index in [9.17, 15) is 9.59 Å². The van der Waals surface area contributed by atoms with Gasteiger partial charge in [0.25, 0.3) is 5.91 Å². The molecule has 4 aromatic rings. The average Bonchev–Trinajstić information content (AvgIpc) is 2.83. The van der Waals surface area contributed by atoms with Crippen LogP contribution in [0, 0.1) is 0 Å². The fourth-order valence-corrected chi connectivity index (χ4v) is 3.15. The van der Waals surface area contributed by atoms with Crippen molar-refractivity contribution in [3.05, 3.63) is 107 Å². The van der Waals surface area contributed by atoms with Crippen molar-refractivity contribution >= 4 is 40.5 Å². The molecule has 4 aromatic carbocycles. The van der Waals surface area contributed by atoms with Crippen LogP contribution in [0.1, 0.15) is 15.9 Å². The monoisotopic (exact) mass is 458 g/mol. The summed E-state index contributed by atoms with van der Waals surface area (Å²) in [4.78, 5) is 24.3. The number of carbonyl (C=O) groups excluding carboxylic acids is 2. The Kier molecular flexibility index (Phi) is 6.97. The summed E-state index contributed by atoms with van der Waals surface area (Å²) < 4.78 is 10.9. The first kappa shape index (κ1) is 22.0. The van der Waals surface area contributed by atoms with Gasteiger partial charge in [0.1, 0.15) is 11.5 Å². The summed E-state index contributed by atoms with van der Waals surface area (Å²) in [5.41, 5.74) is 3.45. The van der Waals surface area contributed by atoms with Crippen molar-refractivity contribution in [2.45, 2.75) is 0 Å². The second kappa shape index (κ2) is 10.4. The van der Waals surface area contributed by atoms with Gasteiger partial charge in [0.15, 0.2) is 6.61 Å². The number of esters is 1. The number of carbonyl (C=O) groups is 2. The van der Waals surface area contributed by atoms with Gasteiger partial charge in [-0.2, -0.15) is 5.10 Å². The lowest BCUT2D eigenvalue weighted by atomic mass is 10.1. The van der Waals surface area contributed by atoms with Crippen LogP contribution in [0.5, 0.6) is 11.5 Å². The van der Waals surface area contributed by atoms with Gasteiger partial charge in [-0.1, -0.05) is 54.1 Å². The molecule has 1 amide bonds. The molecule has 4 rings (SSSR count). The SMILES string of the molecule is O=C(COc1ccc2ccccc2c1)NN=Cc1cccc(OC(=O)c2ccc(Cl)cc2)c1. The van der Waals surface area contributed by atoms with Gasteiger partial charge in [0, 0.05) is 5.02 Å². The van der Waals surface area contributed by atoms with Gasteiger partial charge in [0.2, 0.25) is 0 Å². The van der Waals surface area contributed by atoms with Gasteiger partial charge in [-0.15, -0.1) is 0 Å². The summed E-state index contributed by atoms with van der Waals surface area (Å²) in [6.45, 7) is -0.172. The lowest BCUT2D eigenvalue weighted by Gasteiger charge is -2.06. The Bertz CT molecular complexity index is 1320. The Hall–Kier alpha value is -4.16. The predicted molar refractivity (Wildman–Crippen MR) is 128 cm³/mol. The highest BCUT2D eigenvalue weighted by Crippen LogP contribution is 2.20. The molecule has 0 saturated heterocycles. The molecule has 0 fully saturated rings. The summed E-state index contributed by atoms with van der Waals surface area (Å²) in [6, 6.07) is 26.7. The normalized spacial score (nSPS) is 10.8. The number of hydrogen-bond acceptors (Lipinski definition) is 5. The van der Waals surface area contributed by atoms with E-state index in [1.165, 1.54) is 6.21 Å². The number of amides is 1. The number of nitrogens with zero attached hydrogens (tertiary/aromatic N) is 1. The molecule has 0 aromatic heterocycles. The van der Waals surface area contributed by atoms with E-state index in [4.69, 9.17) is 21.1 Å². The van der Waals surface area contributed by atoms with Gasteiger partial charge in [-0.3, -0.25) is 4.79 Å². The summed E-state index contributed by atoms with van der Waals surface area (Å²) in [5.74, 6) is 0.0533. The molecule has 33 heavy (non-hydrogen) atoms. The van der Waals surface area contributed by atoms with Gasteiger partial charge in [-0.05, 0) is 64.9 Å². The molecule has 1 N–H and O–H groups in total. The number of halogens is 1. The van der Waals surface area contributed by atoms with Crippen molar-refractivity contribution in [2.75, 3.05) is 6.61 Å². The number of hydrogen-bond donors (Lipinski definition) is 1. The first-order chi connectivity index (χ1) is 16.1. The molecule has 0 radical (unpaired) electrons. The summed E-state index contributed by atoms with van der Waals surface area (Å²) in [7, 11) is 0. The third kappa shape index (κ3) is 6.18. The smallest absolute Gasteiger partial charge is 0.343 e. The highest BCUT2D eigenvalue weighted by atomic mass is 35.5. The Morgan fingerprint density at radius 3 is 2.45 bits per heavy atom. The van der Waals surface area contributed by atoms with Crippen LogP contribution in [0.25, 0.3) is 10.8 Å². The van der Waals surface area contributed by atoms with Crippen molar-refractivity contribution < 1.29 is 19.1 Å². The lowest BCUT2D eigenvalue weighted by Crippen LogP contribution is -2.24. The maximum atomic E-state index is 12.2. The highest BCUT2D eigenvalue weighted by Gasteiger charge is 2.08. The van der Waals surface area contributed by atoms with Crippen LogP contribution in [0.3, 0.4) is 0 Å². The minimum Gasteiger partial charge on any atom is -0.484 e. The van der Waals surface area contributed by atoms with Crippen LogP contribution in [0.15, 0.2) is 96.1 Å². The Labute approximate surface area is 195 Å². The molecule has 0 aliphatic heterocycles. The zero-order valence-electron chi connectivity index (χ0n) is 17.4. The van der Waals surface area contributed by atoms with Crippen LogP contribution in [-0.2, 0) is 4.79 Å². The lowest BCUT2D eigenvalue weighted by molar-refractivity contribution is -0.123. The molecule has 7 heteroatoms. The van der Waals surface area contributed by atoms with E-state index < -0.39 is 11.9 Å². The van der Waals surface area contributed by atoms with Crippen molar-refractivity contribution in [1.29, 1.82) is 0 Å². The van der Waals surface area contributed by atoms with Gasteiger partial charge < -0.3 is 9.47 Å². The number of nitrogens with one attached hydrogen (secondary N) is 1. The van der Waals surface area contributed by atoms with Crippen LogP contribution < -0.4 is 14.9 Å². The molecule has 164 valence electrons. The Balaban J connectivity index is 1.29. The molecule has 0 aliphatic carbocycles. The number of ether oxygens (including phenoxy) is 2. The summed E-state index contributed by atoms with van der Waals surface area (Å²) >= 11 is 5.84. The van der Waals surface area contributed by atoms with Crippen molar-refractivity contribution in [3.63, 3.8) is 0 Å². The fraction of sp³-hybridized carbons (Fsp3) is 0.0385. The largest absolute Gasteiger partial charge is 0.484 e. The minimum atomic E-state index is -0.500. The van der Waals surface area contributed by atoms with E-state index in [0.29, 0.717) is 27.6 Å². The Morgan fingerprint density at radius 1 is 0.848 bits per heavy atom. The Morgan fingerprint density at radius 2 is 1.64 bits per heavy atom. The predicted octanol–water partition coefficient (Wildman–Crippen LogP) is 5.24. The van der Waals surface area contributed by atoms with Crippen LogP contribution in [0.2, 0.25) is 5.02 Å². The van der Waals surface area contributed by atoms with Gasteiger partial charge in [-0.25, -0.2) is 10.2 Å². The quantitative estimate of drug-likeness (QED) is 0.178. The molecule has 0 spiro atoms. The van der Waals surface area contributed by atoms with E-state index in [1.807, 2.05) is 42.5 Å². The molecular weight excluding hydrogens is 440 g/mol. The molecule has 0 saturated carbocycles. The molecule has 6 nitrogen and oxygen atoms in total. The molecule has 0 heterocycles. The van der Waals surface area contributed by atoms with Crippen molar-refractivity contribution in [1.82, 2.24) is 5.43 Å².